The summed E-state index contributed by atoms with van der Waals surface area (Å²) in [5.41, 5.74) is 3.42. The molecule has 2 aromatic carbocycles. The zero-order valence-corrected chi connectivity index (χ0v) is 14.5. The predicted molar refractivity (Wildman–Crippen MR) is 104 cm³/mol. The van der Waals surface area contributed by atoms with Gasteiger partial charge in [0.25, 0.3) is 0 Å². The van der Waals surface area contributed by atoms with Gasteiger partial charge in [-0.05, 0) is 36.2 Å². The summed E-state index contributed by atoms with van der Waals surface area (Å²) in [6, 6.07) is 16.7. The summed E-state index contributed by atoms with van der Waals surface area (Å²) in [6.45, 7) is 0.874. The Morgan fingerprint density at radius 2 is 1.83 bits per heavy atom. The Bertz CT molecular complexity index is 881. The van der Waals surface area contributed by atoms with E-state index in [1.165, 1.54) is 10.3 Å². The lowest BCUT2D eigenvalue weighted by Gasteiger charge is -2.06. The second-order valence-electron chi connectivity index (χ2n) is 5.32. The number of nitrogens with one attached hydrogen (secondary N) is 2. The van der Waals surface area contributed by atoms with Gasteiger partial charge >= 0.3 is 0 Å². The van der Waals surface area contributed by atoms with E-state index >= 15 is 0 Å². The van der Waals surface area contributed by atoms with E-state index in [0.29, 0.717) is 0 Å². The number of anilines is 3. The van der Waals surface area contributed by atoms with E-state index in [9.17, 15) is 0 Å². The van der Waals surface area contributed by atoms with Gasteiger partial charge < -0.3 is 10.6 Å². The molecule has 0 bridgehead atoms. The van der Waals surface area contributed by atoms with Crippen LogP contribution >= 0.6 is 22.7 Å². The summed E-state index contributed by atoms with van der Waals surface area (Å²) in [4.78, 5) is 8.82. The lowest BCUT2D eigenvalue weighted by molar-refractivity contribution is 1.02. The lowest BCUT2D eigenvalue weighted by atomic mass is 10.1. The number of nitrogens with zero attached hydrogens (tertiary/aromatic N) is 2. The second kappa shape index (κ2) is 6.98. The van der Waals surface area contributed by atoms with Gasteiger partial charge in [0, 0.05) is 23.8 Å². The molecule has 0 atom stereocenters. The minimum atomic E-state index is 0.874. The molecule has 120 valence electrons. The monoisotopic (exact) mass is 352 g/mol. The molecule has 0 radical (unpaired) electrons. The molecule has 0 aliphatic heterocycles. The lowest BCUT2D eigenvalue weighted by Crippen LogP contribution is -2.04. The molecule has 0 saturated heterocycles. The Morgan fingerprint density at radius 3 is 2.62 bits per heavy atom. The summed E-state index contributed by atoms with van der Waals surface area (Å²) in [5, 5.41) is 10.6. The number of hydrogen-bond donors (Lipinski definition) is 2. The molecule has 6 heteroatoms. The van der Waals surface area contributed by atoms with Gasteiger partial charge in [-0.25, -0.2) is 9.97 Å². The van der Waals surface area contributed by atoms with Crippen molar-refractivity contribution in [2.24, 2.45) is 0 Å². The Labute approximate surface area is 148 Å². The molecular weight excluding hydrogens is 336 g/mol. The van der Waals surface area contributed by atoms with E-state index in [4.69, 9.17) is 0 Å². The van der Waals surface area contributed by atoms with Crippen LogP contribution in [0.2, 0.25) is 0 Å². The van der Waals surface area contributed by atoms with E-state index in [-0.39, 0.29) is 0 Å². The molecule has 2 aromatic heterocycles. The van der Waals surface area contributed by atoms with Crippen LogP contribution in [0.4, 0.5) is 16.0 Å². The van der Waals surface area contributed by atoms with Crippen molar-refractivity contribution in [3.05, 3.63) is 65.7 Å². The average Bonchev–Trinajstić information content (AvgIpc) is 3.25. The van der Waals surface area contributed by atoms with Gasteiger partial charge in [0.2, 0.25) is 0 Å². The molecule has 4 aromatic rings. The maximum absolute atomic E-state index is 4.59. The molecular formula is C18H16N4S2. The van der Waals surface area contributed by atoms with Crippen LogP contribution in [0.3, 0.4) is 0 Å². The SMILES string of the molecule is c1ccc2sc(NCCc3ccc(Nc4nccs4)cc3)nc2c1. The van der Waals surface area contributed by atoms with Gasteiger partial charge in [-0.3, -0.25) is 0 Å². The van der Waals surface area contributed by atoms with Gasteiger partial charge in [-0.2, -0.15) is 0 Å². The van der Waals surface area contributed by atoms with Crippen LogP contribution < -0.4 is 10.6 Å². The topological polar surface area (TPSA) is 49.8 Å². The van der Waals surface area contributed by atoms with Crippen molar-refractivity contribution in [1.82, 2.24) is 9.97 Å². The zero-order chi connectivity index (χ0) is 16.2. The van der Waals surface area contributed by atoms with E-state index in [2.05, 4.69) is 50.9 Å². The normalized spacial score (nSPS) is 10.8. The molecule has 0 fully saturated rings. The summed E-state index contributed by atoms with van der Waals surface area (Å²) in [6.07, 6.45) is 2.77. The van der Waals surface area contributed by atoms with E-state index in [0.717, 1.165) is 34.4 Å². The van der Waals surface area contributed by atoms with Crippen LogP contribution in [0.1, 0.15) is 5.56 Å². The quantitative estimate of drug-likeness (QED) is 0.504. The Hall–Kier alpha value is -2.44. The second-order valence-corrected chi connectivity index (χ2v) is 7.25. The molecule has 0 amide bonds. The third kappa shape index (κ3) is 3.55. The van der Waals surface area contributed by atoms with Crippen LogP contribution in [-0.2, 0) is 6.42 Å². The van der Waals surface area contributed by atoms with Gasteiger partial charge in [-0.15, -0.1) is 11.3 Å². The summed E-state index contributed by atoms with van der Waals surface area (Å²) in [5.74, 6) is 0. The number of rotatable bonds is 6. The Morgan fingerprint density at radius 1 is 0.958 bits per heavy atom. The van der Waals surface area contributed by atoms with Crippen LogP contribution in [-0.4, -0.2) is 16.5 Å². The van der Waals surface area contributed by atoms with Gasteiger partial charge in [0.15, 0.2) is 10.3 Å². The molecule has 2 N–H and O–H groups in total. The van der Waals surface area contributed by atoms with Crippen molar-refractivity contribution in [2.75, 3.05) is 17.2 Å². The minimum absolute atomic E-state index is 0.874. The average molecular weight is 352 g/mol. The molecule has 0 spiro atoms. The third-order valence-electron chi connectivity index (χ3n) is 3.62. The van der Waals surface area contributed by atoms with E-state index in [1.807, 2.05) is 23.6 Å². The fourth-order valence-corrected chi connectivity index (χ4v) is 3.87. The smallest absolute Gasteiger partial charge is 0.187 e. The van der Waals surface area contributed by atoms with Gasteiger partial charge in [-0.1, -0.05) is 35.6 Å². The fourth-order valence-electron chi connectivity index (χ4n) is 2.42. The van der Waals surface area contributed by atoms with Crippen molar-refractivity contribution in [2.45, 2.75) is 6.42 Å². The van der Waals surface area contributed by atoms with Crippen molar-refractivity contribution < 1.29 is 0 Å². The van der Waals surface area contributed by atoms with Crippen LogP contribution in [0, 0.1) is 0 Å². The molecule has 4 nitrogen and oxygen atoms in total. The maximum Gasteiger partial charge on any atom is 0.187 e. The highest BCUT2D eigenvalue weighted by Gasteiger charge is 2.02. The summed E-state index contributed by atoms with van der Waals surface area (Å²) < 4.78 is 1.22. The first kappa shape index (κ1) is 15.1. The summed E-state index contributed by atoms with van der Waals surface area (Å²) in [7, 11) is 0. The highest BCUT2D eigenvalue weighted by atomic mass is 32.1. The van der Waals surface area contributed by atoms with Crippen molar-refractivity contribution in [3.8, 4) is 0 Å². The number of hydrogen-bond acceptors (Lipinski definition) is 6. The zero-order valence-electron chi connectivity index (χ0n) is 12.9. The summed E-state index contributed by atoms with van der Waals surface area (Å²) >= 11 is 3.30. The van der Waals surface area contributed by atoms with Crippen molar-refractivity contribution in [3.63, 3.8) is 0 Å². The molecule has 4 rings (SSSR count). The molecule has 24 heavy (non-hydrogen) atoms. The molecule has 0 unspecified atom stereocenters. The Kier molecular flexibility index (Phi) is 4.40. The van der Waals surface area contributed by atoms with E-state index < -0.39 is 0 Å². The Balaban J connectivity index is 1.32. The number of benzene rings is 2. The first-order chi connectivity index (χ1) is 11.9. The molecule has 0 aliphatic carbocycles. The largest absolute Gasteiger partial charge is 0.361 e. The third-order valence-corrected chi connectivity index (χ3v) is 5.30. The van der Waals surface area contributed by atoms with Crippen molar-refractivity contribution >= 4 is 48.8 Å². The number of fused-ring (bicyclic) bond motifs is 1. The van der Waals surface area contributed by atoms with Crippen molar-refractivity contribution in [1.29, 1.82) is 0 Å². The van der Waals surface area contributed by atoms with Crippen LogP contribution in [0.25, 0.3) is 10.2 Å². The highest BCUT2D eigenvalue weighted by Crippen LogP contribution is 2.25. The first-order valence-electron chi connectivity index (χ1n) is 7.72. The van der Waals surface area contributed by atoms with E-state index in [1.54, 1.807) is 28.9 Å². The molecule has 2 heterocycles. The number of thiazole rings is 2. The molecule has 0 saturated carbocycles. The standard InChI is InChI=1S/C18H16N4S2/c1-2-4-16-15(3-1)22-18(24-16)19-10-9-13-5-7-14(8-6-13)21-17-20-11-12-23-17/h1-8,11-12H,9-10H2,(H,19,22)(H,20,21). The van der Waals surface area contributed by atoms with Crippen LogP contribution in [0.15, 0.2) is 60.1 Å². The first-order valence-corrected chi connectivity index (χ1v) is 9.41. The fraction of sp³-hybridized carbons (Fsp3) is 0.111. The van der Waals surface area contributed by atoms with Gasteiger partial charge in [0.05, 0.1) is 10.2 Å². The minimum Gasteiger partial charge on any atom is -0.361 e. The predicted octanol–water partition coefficient (Wildman–Crippen LogP) is 5.15. The highest BCUT2D eigenvalue weighted by molar-refractivity contribution is 7.22. The van der Waals surface area contributed by atoms with Crippen LogP contribution in [0.5, 0.6) is 0 Å². The molecule has 0 aliphatic rings. The number of para-hydroxylation sites is 1. The maximum atomic E-state index is 4.59. The van der Waals surface area contributed by atoms with Gasteiger partial charge in [0.1, 0.15) is 0 Å². The number of aromatic nitrogens is 2.